The Labute approximate surface area is 131 Å². The lowest BCUT2D eigenvalue weighted by atomic mass is 10.0. The van der Waals surface area contributed by atoms with Crippen LogP contribution in [0.1, 0.15) is 36.4 Å². The van der Waals surface area contributed by atoms with E-state index in [1.54, 1.807) is 7.11 Å². The van der Waals surface area contributed by atoms with Gasteiger partial charge in [0.05, 0.1) is 12.1 Å². The quantitative estimate of drug-likeness (QED) is 0.750. The lowest BCUT2D eigenvalue weighted by molar-refractivity contribution is 0.141. The van der Waals surface area contributed by atoms with Crippen molar-refractivity contribution in [3.05, 3.63) is 35.4 Å². The van der Waals surface area contributed by atoms with Crippen LogP contribution in [0.4, 0.5) is 4.79 Å². The van der Waals surface area contributed by atoms with Crippen molar-refractivity contribution in [3.63, 3.8) is 0 Å². The molecule has 120 valence electrons. The molecule has 0 heterocycles. The third-order valence-corrected chi connectivity index (χ3v) is 4.91. The summed E-state index contributed by atoms with van der Waals surface area (Å²) in [5, 5.41) is 16.0. The summed E-state index contributed by atoms with van der Waals surface area (Å²) in [5.74, 6) is 0. The number of hydrogen-bond donors (Lipinski definition) is 3. The van der Waals surface area contributed by atoms with Crippen LogP contribution in [0, 0.1) is 5.41 Å². The monoisotopic (exact) mass is 304 g/mol. The molecule has 2 atom stereocenters. The van der Waals surface area contributed by atoms with Crippen molar-refractivity contribution in [2.24, 2.45) is 5.41 Å². The highest BCUT2D eigenvalue weighted by molar-refractivity contribution is 5.75. The molecule has 2 unspecified atom stereocenters. The molecule has 1 aromatic carbocycles. The summed E-state index contributed by atoms with van der Waals surface area (Å²) in [6.07, 6.45) is 3.32. The van der Waals surface area contributed by atoms with E-state index in [9.17, 15) is 9.90 Å². The molecule has 3 rings (SSSR count). The van der Waals surface area contributed by atoms with E-state index >= 15 is 0 Å². The van der Waals surface area contributed by atoms with Gasteiger partial charge in [0.1, 0.15) is 0 Å². The van der Waals surface area contributed by atoms with E-state index in [1.165, 1.54) is 0 Å². The van der Waals surface area contributed by atoms with Crippen LogP contribution in [0.5, 0.6) is 0 Å². The van der Waals surface area contributed by atoms with Gasteiger partial charge in [-0.3, -0.25) is 0 Å². The molecular formula is C17H24N2O3. The molecule has 0 bridgehead atoms. The zero-order valence-corrected chi connectivity index (χ0v) is 13.0. The summed E-state index contributed by atoms with van der Waals surface area (Å²) in [4.78, 5) is 12.1. The van der Waals surface area contributed by atoms with E-state index in [4.69, 9.17) is 4.74 Å². The van der Waals surface area contributed by atoms with E-state index in [1.807, 2.05) is 24.3 Å². The number of carbonyl (C=O) groups excluding carboxylic acids is 1. The minimum atomic E-state index is -0.550. The topological polar surface area (TPSA) is 70.6 Å². The summed E-state index contributed by atoms with van der Waals surface area (Å²) in [6.45, 7) is 1.41. The Morgan fingerprint density at radius 3 is 2.91 bits per heavy atom. The second-order valence-corrected chi connectivity index (χ2v) is 6.52. The highest BCUT2D eigenvalue weighted by atomic mass is 16.5. The summed E-state index contributed by atoms with van der Waals surface area (Å²) in [7, 11) is 1.70. The Kier molecular flexibility index (Phi) is 4.36. The smallest absolute Gasteiger partial charge is 0.315 e. The van der Waals surface area contributed by atoms with Crippen molar-refractivity contribution >= 4 is 6.03 Å². The van der Waals surface area contributed by atoms with Crippen LogP contribution in [-0.4, -0.2) is 37.5 Å². The Bertz CT molecular complexity index is 542. The Hall–Kier alpha value is -1.59. The highest BCUT2D eigenvalue weighted by Crippen LogP contribution is 2.48. The first-order valence-corrected chi connectivity index (χ1v) is 7.93. The van der Waals surface area contributed by atoms with Crippen molar-refractivity contribution in [2.75, 3.05) is 20.3 Å². The maximum absolute atomic E-state index is 12.1. The summed E-state index contributed by atoms with van der Waals surface area (Å²) in [6, 6.07) is 7.35. The number of nitrogens with one attached hydrogen (secondary N) is 2. The zero-order valence-electron chi connectivity index (χ0n) is 13.0. The molecule has 0 aromatic heterocycles. The standard InChI is InChI=1S/C17H24N2O3/c1-22-9-8-17(6-7-17)11-18-16(21)19-15-13-5-3-2-4-12(13)10-14(15)20/h2-5,14-15,20H,6-11H2,1H3,(H2,18,19,21). The molecule has 22 heavy (non-hydrogen) atoms. The number of fused-ring (bicyclic) bond motifs is 1. The summed E-state index contributed by atoms with van der Waals surface area (Å²) in [5.41, 5.74) is 2.35. The van der Waals surface area contributed by atoms with Crippen LogP contribution < -0.4 is 10.6 Å². The molecule has 0 saturated heterocycles. The van der Waals surface area contributed by atoms with Gasteiger partial charge in [-0.2, -0.15) is 0 Å². The van der Waals surface area contributed by atoms with Gasteiger partial charge < -0.3 is 20.5 Å². The summed E-state index contributed by atoms with van der Waals surface area (Å²) < 4.78 is 5.12. The first-order chi connectivity index (χ1) is 10.6. The van der Waals surface area contributed by atoms with E-state index in [0.717, 1.165) is 37.0 Å². The molecular weight excluding hydrogens is 280 g/mol. The van der Waals surface area contributed by atoms with Crippen molar-refractivity contribution in [1.82, 2.24) is 10.6 Å². The van der Waals surface area contributed by atoms with Crippen molar-refractivity contribution in [1.29, 1.82) is 0 Å². The van der Waals surface area contributed by atoms with Gasteiger partial charge in [-0.25, -0.2) is 4.79 Å². The van der Waals surface area contributed by atoms with Gasteiger partial charge in [-0.1, -0.05) is 24.3 Å². The first kappa shape index (κ1) is 15.3. The van der Waals surface area contributed by atoms with Crippen molar-refractivity contribution < 1.29 is 14.6 Å². The molecule has 2 aliphatic rings. The zero-order chi connectivity index (χ0) is 15.6. The fourth-order valence-corrected chi connectivity index (χ4v) is 3.22. The lowest BCUT2D eigenvalue weighted by Crippen LogP contribution is -2.43. The molecule has 1 saturated carbocycles. The van der Waals surface area contributed by atoms with E-state index in [2.05, 4.69) is 10.6 Å². The summed E-state index contributed by atoms with van der Waals surface area (Å²) >= 11 is 0. The van der Waals surface area contributed by atoms with Gasteiger partial charge in [0.2, 0.25) is 0 Å². The maximum Gasteiger partial charge on any atom is 0.315 e. The molecule has 2 aliphatic carbocycles. The van der Waals surface area contributed by atoms with Crippen molar-refractivity contribution in [2.45, 2.75) is 37.8 Å². The average Bonchev–Trinajstić information content (AvgIpc) is 3.23. The Morgan fingerprint density at radius 1 is 1.41 bits per heavy atom. The second kappa shape index (κ2) is 6.26. The van der Waals surface area contributed by atoms with Gasteiger partial charge >= 0.3 is 6.03 Å². The van der Waals surface area contributed by atoms with Gasteiger partial charge in [-0.05, 0) is 35.8 Å². The Morgan fingerprint density at radius 2 is 2.18 bits per heavy atom. The van der Waals surface area contributed by atoms with Crippen LogP contribution in [0.15, 0.2) is 24.3 Å². The normalized spacial score (nSPS) is 24.6. The predicted molar refractivity (Wildman–Crippen MR) is 83.6 cm³/mol. The number of methoxy groups -OCH3 is 1. The molecule has 0 radical (unpaired) electrons. The number of benzene rings is 1. The van der Waals surface area contributed by atoms with Crippen molar-refractivity contribution in [3.8, 4) is 0 Å². The minimum absolute atomic E-state index is 0.204. The van der Waals surface area contributed by atoms with Crippen LogP contribution in [0.3, 0.4) is 0 Å². The largest absolute Gasteiger partial charge is 0.390 e. The van der Waals surface area contributed by atoms with Gasteiger partial charge in [0.25, 0.3) is 0 Å². The number of amides is 2. The first-order valence-electron chi connectivity index (χ1n) is 7.93. The number of ether oxygens (including phenoxy) is 1. The van der Waals surface area contributed by atoms with Gasteiger partial charge in [0.15, 0.2) is 0 Å². The molecule has 5 nitrogen and oxygen atoms in total. The van der Waals surface area contributed by atoms with Crippen LogP contribution in [0.25, 0.3) is 0 Å². The lowest BCUT2D eigenvalue weighted by Gasteiger charge is -2.20. The average molecular weight is 304 g/mol. The highest BCUT2D eigenvalue weighted by Gasteiger charge is 2.42. The molecule has 0 aliphatic heterocycles. The number of rotatable bonds is 6. The molecule has 1 fully saturated rings. The van der Waals surface area contributed by atoms with E-state index < -0.39 is 6.10 Å². The number of aliphatic hydroxyl groups is 1. The fourth-order valence-electron chi connectivity index (χ4n) is 3.22. The number of carbonyl (C=O) groups is 1. The number of urea groups is 1. The van der Waals surface area contributed by atoms with Gasteiger partial charge in [0, 0.05) is 26.7 Å². The number of aliphatic hydroxyl groups excluding tert-OH is 1. The van der Waals surface area contributed by atoms with E-state index in [-0.39, 0.29) is 17.5 Å². The Balaban J connectivity index is 1.52. The second-order valence-electron chi connectivity index (χ2n) is 6.52. The molecule has 5 heteroatoms. The van der Waals surface area contributed by atoms with Crippen LogP contribution >= 0.6 is 0 Å². The minimum Gasteiger partial charge on any atom is -0.390 e. The SMILES string of the molecule is COCCC1(CNC(=O)NC2c3ccccc3CC2O)CC1. The van der Waals surface area contributed by atoms with E-state index in [0.29, 0.717) is 13.0 Å². The fraction of sp³-hybridized carbons (Fsp3) is 0.588. The molecule has 0 spiro atoms. The molecule has 1 aromatic rings. The molecule has 2 amide bonds. The third kappa shape index (κ3) is 3.25. The predicted octanol–water partition coefficient (Wildman–Crippen LogP) is 1.76. The van der Waals surface area contributed by atoms with Crippen LogP contribution in [-0.2, 0) is 11.2 Å². The maximum atomic E-state index is 12.1. The number of hydrogen-bond acceptors (Lipinski definition) is 3. The van der Waals surface area contributed by atoms with Gasteiger partial charge in [-0.15, -0.1) is 0 Å². The van der Waals surface area contributed by atoms with Crippen LogP contribution in [0.2, 0.25) is 0 Å². The third-order valence-electron chi connectivity index (χ3n) is 4.91. The molecule has 3 N–H and O–H groups in total.